The van der Waals surface area contributed by atoms with Crippen LogP contribution in [0, 0.1) is 35.8 Å². The van der Waals surface area contributed by atoms with Gasteiger partial charge in [-0.2, -0.15) is 0 Å². The fraction of sp³-hybridized carbons (Fsp3) is 0.167. The van der Waals surface area contributed by atoms with Gasteiger partial charge in [0.1, 0.15) is 11.4 Å². The average molecular weight is 661 g/mol. The number of benzene rings is 5. The summed E-state index contributed by atoms with van der Waals surface area (Å²) in [5, 5.41) is 12.4. The molecule has 246 valence electrons. The van der Waals surface area contributed by atoms with Crippen LogP contribution in [0.1, 0.15) is 33.4 Å². The van der Waals surface area contributed by atoms with Crippen LogP contribution in [0.3, 0.4) is 0 Å². The minimum Gasteiger partial charge on any atom is -0.496 e. The van der Waals surface area contributed by atoms with Gasteiger partial charge >= 0.3 is 0 Å². The van der Waals surface area contributed by atoms with Crippen molar-refractivity contribution in [1.29, 1.82) is 0 Å². The highest BCUT2D eigenvalue weighted by molar-refractivity contribution is 6.39. The third kappa shape index (κ3) is 3.96. The third-order valence-electron chi connectivity index (χ3n) is 10.8. The van der Waals surface area contributed by atoms with E-state index < -0.39 is 45.1 Å². The topological polar surface area (TPSA) is 107 Å². The zero-order chi connectivity index (χ0) is 34.9. The second kappa shape index (κ2) is 11.2. The van der Waals surface area contributed by atoms with Crippen LogP contribution in [0.5, 0.6) is 5.75 Å². The van der Waals surface area contributed by atoms with Gasteiger partial charge in [0.05, 0.1) is 40.8 Å². The number of ether oxygens (including phenoxy) is 1. The number of amides is 2. The standard InChI is InChI=1S/C42H32N2O6/c1-25-14-18-27(19-15-25)34-35(28-20-16-26(2)17-21-28)42(30-12-8-5-9-13-30)37-36(41(34,40(42)47)29-10-6-4-7-11-29)38(45)43(39(37)46)32-23-22-31(50-3)24-33(32)44(48)49/h4-24,36-37H,1-3H3/t36-,37-,41+,42+/m1/s1. The highest BCUT2D eigenvalue weighted by Crippen LogP contribution is 2.74. The Morgan fingerprint density at radius 1 is 0.640 bits per heavy atom. The van der Waals surface area contributed by atoms with Crippen molar-refractivity contribution in [2.75, 3.05) is 12.0 Å². The number of hydrogen-bond donors (Lipinski definition) is 0. The number of ketones is 1. The molecule has 1 saturated carbocycles. The molecule has 0 spiro atoms. The molecule has 2 fully saturated rings. The minimum atomic E-state index is -1.61. The average Bonchev–Trinajstić information content (AvgIpc) is 3.64. The molecule has 1 heterocycles. The minimum absolute atomic E-state index is 0.160. The summed E-state index contributed by atoms with van der Waals surface area (Å²) in [6, 6.07) is 38.3. The second-order valence-electron chi connectivity index (χ2n) is 13.2. The Morgan fingerprint density at radius 3 is 1.48 bits per heavy atom. The zero-order valence-electron chi connectivity index (χ0n) is 27.6. The van der Waals surface area contributed by atoms with Crippen LogP contribution in [0.2, 0.25) is 0 Å². The Balaban J connectivity index is 1.54. The monoisotopic (exact) mass is 660 g/mol. The van der Waals surface area contributed by atoms with Crippen molar-refractivity contribution < 1.29 is 24.0 Å². The van der Waals surface area contributed by atoms with Gasteiger partial charge in [-0.05, 0) is 59.4 Å². The van der Waals surface area contributed by atoms with Crippen LogP contribution in [0.4, 0.5) is 11.4 Å². The number of carbonyl (C=O) groups is 3. The van der Waals surface area contributed by atoms with Crippen LogP contribution in [0.25, 0.3) is 11.1 Å². The molecule has 1 aliphatic heterocycles. The third-order valence-corrected chi connectivity index (χ3v) is 10.8. The van der Waals surface area contributed by atoms with Crippen LogP contribution >= 0.6 is 0 Å². The number of methoxy groups -OCH3 is 1. The first-order valence-electron chi connectivity index (χ1n) is 16.4. The maximum absolute atomic E-state index is 16.0. The van der Waals surface area contributed by atoms with E-state index in [-0.39, 0.29) is 17.2 Å². The molecule has 2 bridgehead atoms. The highest BCUT2D eigenvalue weighted by Gasteiger charge is 2.83. The summed E-state index contributed by atoms with van der Waals surface area (Å²) >= 11 is 0. The summed E-state index contributed by atoms with van der Waals surface area (Å²) in [6.45, 7) is 3.97. The molecule has 5 aromatic carbocycles. The van der Waals surface area contributed by atoms with E-state index in [1.54, 1.807) is 0 Å². The van der Waals surface area contributed by atoms with Gasteiger partial charge in [0.15, 0.2) is 5.78 Å². The number of nitrogens with zero attached hydrogens (tertiary/aromatic N) is 2. The van der Waals surface area contributed by atoms with E-state index in [4.69, 9.17) is 4.74 Å². The van der Waals surface area contributed by atoms with E-state index in [0.717, 1.165) is 27.2 Å². The predicted molar refractivity (Wildman–Crippen MR) is 190 cm³/mol. The lowest BCUT2D eigenvalue weighted by Gasteiger charge is -2.39. The Morgan fingerprint density at radius 2 is 1.08 bits per heavy atom. The number of aryl methyl sites for hydroxylation is 2. The lowest BCUT2D eigenvalue weighted by Crippen LogP contribution is -2.45. The summed E-state index contributed by atoms with van der Waals surface area (Å²) in [4.78, 5) is 59.2. The van der Waals surface area contributed by atoms with Crippen LogP contribution < -0.4 is 9.64 Å². The molecule has 8 heteroatoms. The molecule has 0 unspecified atom stereocenters. The van der Waals surface area contributed by atoms with Crippen molar-refractivity contribution in [2.45, 2.75) is 24.7 Å². The Labute approximate surface area is 288 Å². The van der Waals surface area contributed by atoms with Crippen LogP contribution in [-0.2, 0) is 25.2 Å². The summed E-state index contributed by atoms with van der Waals surface area (Å²) < 4.78 is 5.26. The van der Waals surface area contributed by atoms with E-state index in [9.17, 15) is 10.1 Å². The lowest BCUT2D eigenvalue weighted by atomic mass is 9.59. The normalized spacial score (nSPS) is 23.8. The predicted octanol–water partition coefficient (Wildman–Crippen LogP) is 7.41. The molecule has 8 rings (SSSR count). The molecule has 2 aliphatic carbocycles. The van der Waals surface area contributed by atoms with Crippen molar-refractivity contribution >= 4 is 40.1 Å². The number of imide groups is 1. The molecule has 0 aromatic heterocycles. The smallest absolute Gasteiger partial charge is 0.297 e. The fourth-order valence-corrected chi connectivity index (χ4v) is 8.77. The lowest BCUT2D eigenvalue weighted by molar-refractivity contribution is -0.384. The first-order chi connectivity index (χ1) is 24.2. The van der Waals surface area contributed by atoms with Gasteiger partial charge in [-0.25, -0.2) is 4.90 Å². The number of rotatable bonds is 7. The number of hydrogen-bond acceptors (Lipinski definition) is 6. The molecule has 5 aromatic rings. The van der Waals surface area contributed by atoms with Gasteiger partial charge in [0.25, 0.3) is 5.69 Å². The van der Waals surface area contributed by atoms with Crippen molar-refractivity contribution in [2.24, 2.45) is 11.8 Å². The van der Waals surface area contributed by atoms with Crippen molar-refractivity contribution in [3.05, 3.63) is 171 Å². The summed E-state index contributed by atoms with van der Waals surface area (Å²) in [5.74, 6) is -3.75. The first kappa shape index (κ1) is 31.1. The van der Waals surface area contributed by atoms with Crippen molar-refractivity contribution in [3.8, 4) is 5.75 Å². The molecule has 0 radical (unpaired) electrons. The van der Waals surface area contributed by atoms with Crippen molar-refractivity contribution in [3.63, 3.8) is 0 Å². The number of carbonyl (C=O) groups excluding carboxylic acids is 3. The molecule has 50 heavy (non-hydrogen) atoms. The van der Waals surface area contributed by atoms with Gasteiger partial charge in [-0.15, -0.1) is 0 Å². The van der Waals surface area contributed by atoms with Crippen molar-refractivity contribution in [1.82, 2.24) is 0 Å². The van der Waals surface area contributed by atoms with Gasteiger partial charge < -0.3 is 4.74 Å². The van der Waals surface area contributed by atoms with Crippen LogP contribution in [-0.4, -0.2) is 29.6 Å². The second-order valence-corrected chi connectivity index (χ2v) is 13.2. The molecular weight excluding hydrogens is 628 g/mol. The Kier molecular flexibility index (Phi) is 6.98. The maximum atomic E-state index is 16.0. The molecule has 1 saturated heterocycles. The van der Waals surface area contributed by atoms with E-state index in [2.05, 4.69) is 0 Å². The summed E-state index contributed by atoms with van der Waals surface area (Å²) in [6.07, 6.45) is 0. The SMILES string of the molecule is COc1ccc(N2C(=O)[C@H]3[C@H](C2=O)[C@@]2(c4ccccc4)C(=O)[C@@]3(c3ccccc3)C(c3ccc(C)cc3)=C2c2ccc(C)cc2)c([N+](=O)[O-])c1. The number of Topliss-reactive ketones (excluding diaryl/α,β-unsaturated/α-hetero) is 1. The summed E-state index contributed by atoms with van der Waals surface area (Å²) in [5.41, 5.74) is 2.23. The van der Waals surface area contributed by atoms with E-state index in [1.165, 1.54) is 25.3 Å². The van der Waals surface area contributed by atoms with E-state index >= 15 is 14.4 Å². The molecule has 0 N–H and O–H groups in total. The quantitative estimate of drug-likeness (QED) is 0.102. The molecule has 3 aliphatic rings. The van der Waals surface area contributed by atoms with Gasteiger partial charge in [-0.1, -0.05) is 120 Å². The fourth-order valence-electron chi connectivity index (χ4n) is 8.77. The molecular formula is C42H32N2O6. The molecule has 4 atom stereocenters. The largest absolute Gasteiger partial charge is 0.496 e. The number of anilines is 1. The highest BCUT2D eigenvalue weighted by atomic mass is 16.6. The number of nitro groups is 1. The van der Waals surface area contributed by atoms with E-state index in [0.29, 0.717) is 22.3 Å². The maximum Gasteiger partial charge on any atom is 0.297 e. The number of nitro benzene ring substituents is 1. The van der Waals surface area contributed by atoms with Gasteiger partial charge in [0.2, 0.25) is 11.8 Å². The zero-order valence-corrected chi connectivity index (χ0v) is 27.6. The molecule has 8 nitrogen and oxygen atoms in total. The first-order valence-corrected chi connectivity index (χ1v) is 16.4. The Bertz CT molecular complexity index is 2140. The number of fused-ring (bicyclic) bond motifs is 5. The summed E-state index contributed by atoms with van der Waals surface area (Å²) in [7, 11) is 1.39. The van der Waals surface area contributed by atoms with Crippen LogP contribution in [0.15, 0.2) is 127 Å². The number of allylic oxidation sites excluding steroid dienone is 2. The van der Waals surface area contributed by atoms with Gasteiger partial charge in [-0.3, -0.25) is 24.5 Å². The van der Waals surface area contributed by atoms with E-state index in [1.807, 2.05) is 123 Å². The Hall–Kier alpha value is -6.15. The molecule has 2 amide bonds. The van der Waals surface area contributed by atoms with Gasteiger partial charge in [0, 0.05) is 0 Å².